The fourth-order valence-corrected chi connectivity index (χ4v) is 2.86. The second-order valence-corrected chi connectivity index (χ2v) is 5.43. The molecule has 0 heterocycles. The molecule has 0 saturated carbocycles. The molecule has 2 nitrogen and oxygen atoms in total. The van der Waals surface area contributed by atoms with Crippen LogP contribution in [0.5, 0.6) is 0 Å². The smallest absolute Gasteiger partial charge is 1.00 e. The molecular weight excluding hydrogens is 302 g/mol. The van der Waals surface area contributed by atoms with Crippen LogP contribution < -0.4 is 35.4 Å². The van der Waals surface area contributed by atoms with Crippen LogP contribution in [0, 0.1) is 0 Å². The van der Waals surface area contributed by atoms with Gasteiger partial charge in [0.15, 0.2) is 0 Å². The van der Waals surface area contributed by atoms with E-state index in [0.717, 1.165) is 0 Å². The zero-order valence-electron chi connectivity index (χ0n) is 9.54. The van der Waals surface area contributed by atoms with E-state index in [1.807, 2.05) is 12.1 Å². The van der Waals surface area contributed by atoms with Crippen LogP contribution in [0.2, 0.25) is 0 Å². The minimum absolute atomic E-state index is 0. The summed E-state index contributed by atoms with van der Waals surface area (Å²) < 4.78 is 12.2. The van der Waals surface area contributed by atoms with Gasteiger partial charge in [-0.15, -0.1) is 0 Å². The molecule has 2 aromatic carbocycles. The fourth-order valence-electron chi connectivity index (χ4n) is 1.41. The first-order chi connectivity index (χ1) is 7.21. The summed E-state index contributed by atoms with van der Waals surface area (Å²) in [5.74, 6) is 0. The molecule has 0 aliphatic heterocycles. The van der Waals surface area contributed by atoms with Gasteiger partial charge >= 0.3 is 23.1 Å². The van der Waals surface area contributed by atoms with Crippen molar-refractivity contribution in [1.82, 2.24) is 0 Å². The normalized spacial score (nSPS) is 9.39. The molecule has 6 heteroatoms. The Hall–Kier alpha value is -0.0238. The molecule has 0 fully saturated rings. The first-order valence-electron chi connectivity index (χ1n) is 4.65. The van der Waals surface area contributed by atoms with Crippen molar-refractivity contribution in [3.8, 4) is 0 Å². The van der Waals surface area contributed by atoms with Crippen molar-refractivity contribution in [2.45, 2.75) is 0 Å². The topological polar surface area (TPSA) is 37.3 Å². The standard InChI is InChI=1S/C12H11O2P.2ClH.Mg/c13-15(14,11-7-3-1-4-8-11)12-9-5-2-6-10-12;;;/h1-10H,(H,13,14);2*1H;/q;;;+2/p-2. The summed E-state index contributed by atoms with van der Waals surface area (Å²) in [6.07, 6.45) is 0. The molecular formula is C12H11Cl2MgO2P. The van der Waals surface area contributed by atoms with Crippen molar-refractivity contribution in [1.29, 1.82) is 0 Å². The molecule has 2 rings (SSSR count). The minimum atomic E-state index is -3.40. The number of halogens is 2. The molecule has 0 radical (unpaired) electrons. The third-order valence-corrected chi connectivity index (χ3v) is 4.21. The molecule has 0 aromatic heterocycles. The molecule has 0 atom stereocenters. The van der Waals surface area contributed by atoms with Gasteiger partial charge in [0.25, 0.3) is 7.37 Å². The van der Waals surface area contributed by atoms with Crippen molar-refractivity contribution in [3.05, 3.63) is 60.7 Å². The molecule has 0 bridgehead atoms. The van der Waals surface area contributed by atoms with E-state index in [1.165, 1.54) is 0 Å². The van der Waals surface area contributed by atoms with Crippen molar-refractivity contribution in [3.63, 3.8) is 0 Å². The van der Waals surface area contributed by atoms with E-state index >= 15 is 0 Å². The van der Waals surface area contributed by atoms with Crippen molar-refractivity contribution < 1.29 is 34.3 Å². The molecule has 2 aromatic rings. The number of hydrogen-bond acceptors (Lipinski definition) is 1. The van der Waals surface area contributed by atoms with Gasteiger partial charge in [-0.1, -0.05) is 36.4 Å². The Kier molecular flexibility index (Phi) is 10.1. The summed E-state index contributed by atoms with van der Waals surface area (Å²) >= 11 is 0. The molecule has 0 saturated heterocycles. The average molecular weight is 313 g/mol. The van der Waals surface area contributed by atoms with E-state index in [9.17, 15) is 9.46 Å². The Morgan fingerprint density at radius 2 is 1.00 bits per heavy atom. The maximum Gasteiger partial charge on any atom is 2.00 e. The van der Waals surface area contributed by atoms with Crippen LogP contribution in [0.3, 0.4) is 0 Å². The Labute approximate surface area is 135 Å². The van der Waals surface area contributed by atoms with Crippen LogP contribution in [0.1, 0.15) is 0 Å². The first kappa shape index (κ1) is 20.3. The van der Waals surface area contributed by atoms with Crippen LogP contribution in [0.25, 0.3) is 0 Å². The Morgan fingerprint density at radius 3 is 1.28 bits per heavy atom. The SMILES string of the molecule is O=P(O)(c1ccccc1)c1ccccc1.[Cl-].[Cl-].[Mg+2]. The van der Waals surface area contributed by atoms with Gasteiger partial charge < -0.3 is 29.7 Å². The summed E-state index contributed by atoms with van der Waals surface area (Å²) in [6.45, 7) is 0. The second kappa shape index (κ2) is 8.97. The van der Waals surface area contributed by atoms with Crippen LogP contribution in [0.4, 0.5) is 0 Å². The quantitative estimate of drug-likeness (QED) is 0.449. The minimum Gasteiger partial charge on any atom is -1.00 e. The van der Waals surface area contributed by atoms with Crippen LogP contribution in [-0.4, -0.2) is 27.9 Å². The van der Waals surface area contributed by atoms with Gasteiger partial charge in [0.05, 0.1) is 0 Å². The van der Waals surface area contributed by atoms with Gasteiger partial charge in [-0.2, -0.15) is 0 Å². The van der Waals surface area contributed by atoms with Crippen LogP contribution in [0.15, 0.2) is 60.7 Å². The van der Waals surface area contributed by atoms with E-state index in [-0.39, 0.29) is 47.9 Å². The average Bonchev–Trinajstić information content (AvgIpc) is 2.31. The summed E-state index contributed by atoms with van der Waals surface area (Å²) in [6, 6.07) is 17.4. The maximum absolute atomic E-state index is 12.2. The van der Waals surface area contributed by atoms with E-state index in [0.29, 0.717) is 10.6 Å². The third-order valence-electron chi connectivity index (χ3n) is 2.21. The summed E-state index contributed by atoms with van der Waals surface area (Å²) in [5.41, 5.74) is 0. The molecule has 0 aliphatic rings. The Bertz CT molecular complexity index is 450. The molecule has 18 heavy (non-hydrogen) atoms. The monoisotopic (exact) mass is 312 g/mol. The maximum atomic E-state index is 12.2. The predicted molar refractivity (Wildman–Crippen MR) is 67.7 cm³/mol. The molecule has 1 N–H and O–H groups in total. The van der Waals surface area contributed by atoms with Gasteiger partial charge in [-0.3, -0.25) is 4.57 Å². The van der Waals surface area contributed by atoms with Crippen molar-refractivity contribution in [2.24, 2.45) is 0 Å². The third kappa shape index (κ3) is 4.58. The van der Waals surface area contributed by atoms with Crippen LogP contribution in [-0.2, 0) is 4.57 Å². The summed E-state index contributed by atoms with van der Waals surface area (Å²) in [4.78, 5) is 10.0. The van der Waals surface area contributed by atoms with E-state index < -0.39 is 7.37 Å². The molecule has 0 spiro atoms. The van der Waals surface area contributed by atoms with Crippen molar-refractivity contribution >= 4 is 41.0 Å². The summed E-state index contributed by atoms with van der Waals surface area (Å²) in [7, 11) is -3.40. The van der Waals surface area contributed by atoms with Crippen molar-refractivity contribution in [2.75, 3.05) is 0 Å². The molecule has 0 amide bonds. The Morgan fingerprint density at radius 1 is 0.722 bits per heavy atom. The molecule has 92 valence electrons. The van der Waals surface area contributed by atoms with Gasteiger partial charge in [0.1, 0.15) is 0 Å². The van der Waals surface area contributed by atoms with Gasteiger partial charge in [0.2, 0.25) is 0 Å². The first-order valence-corrected chi connectivity index (χ1v) is 6.31. The van der Waals surface area contributed by atoms with Gasteiger partial charge in [0, 0.05) is 10.6 Å². The predicted octanol–water partition coefficient (Wildman–Crippen LogP) is -4.46. The Balaban J connectivity index is 0. The second-order valence-electron chi connectivity index (χ2n) is 3.25. The summed E-state index contributed by atoms with van der Waals surface area (Å²) in [5, 5.41) is 0.937. The van der Waals surface area contributed by atoms with E-state index in [4.69, 9.17) is 0 Å². The fraction of sp³-hybridized carbons (Fsp3) is 0. The number of rotatable bonds is 2. The number of hydrogen-bond donors (Lipinski definition) is 1. The van der Waals surface area contributed by atoms with E-state index in [1.54, 1.807) is 48.5 Å². The van der Waals surface area contributed by atoms with Crippen LogP contribution >= 0.6 is 7.37 Å². The van der Waals surface area contributed by atoms with E-state index in [2.05, 4.69) is 0 Å². The van der Waals surface area contributed by atoms with Gasteiger partial charge in [-0.25, -0.2) is 0 Å². The zero-order chi connectivity index (χ0) is 10.7. The largest absolute Gasteiger partial charge is 2.00 e. The zero-order valence-corrected chi connectivity index (χ0v) is 13.4. The molecule has 0 unspecified atom stereocenters. The molecule has 0 aliphatic carbocycles. The number of benzene rings is 2. The van der Waals surface area contributed by atoms with Gasteiger partial charge in [-0.05, 0) is 24.3 Å².